The van der Waals surface area contributed by atoms with Crippen LogP contribution in [0.2, 0.25) is 0 Å². The van der Waals surface area contributed by atoms with E-state index in [2.05, 4.69) is 4.98 Å². The van der Waals surface area contributed by atoms with Gasteiger partial charge in [0.25, 0.3) is 5.91 Å². The lowest BCUT2D eigenvalue weighted by Crippen LogP contribution is -2.65. The highest BCUT2D eigenvalue weighted by Gasteiger charge is 2.47. The zero-order chi connectivity index (χ0) is 20.5. The number of rotatable bonds is 5. The minimum atomic E-state index is -0.713. The van der Waals surface area contributed by atoms with Gasteiger partial charge < -0.3 is 14.4 Å². The minimum Gasteiger partial charge on any atom is -0.495 e. The molecular weight excluding hydrogens is 377 g/mol. The fourth-order valence-corrected chi connectivity index (χ4v) is 3.62. The molecule has 29 heavy (non-hydrogen) atoms. The van der Waals surface area contributed by atoms with Crippen LogP contribution in [0.25, 0.3) is 0 Å². The first-order valence-electron chi connectivity index (χ1n) is 9.41. The lowest BCUT2D eigenvalue weighted by Gasteiger charge is -2.45. The molecule has 2 aliphatic heterocycles. The molecule has 7 nitrogen and oxygen atoms in total. The monoisotopic (exact) mass is 399 g/mol. The second-order valence-electron chi connectivity index (χ2n) is 7.35. The van der Waals surface area contributed by atoms with Gasteiger partial charge in [-0.15, -0.1) is 0 Å². The number of carbonyl (C=O) groups excluding carboxylic acids is 2. The van der Waals surface area contributed by atoms with E-state index in [-0.39, 0.29) is 35.8 Å². The van der Waals surface area contributed by atoms with Crippen molar-refractivity contribution in [1.29, 1.82) is 0 Å². The fraction of sp³-hybridized carbons (Fsp3) is 0.381. The Morgan fingerprint density at radius 3 is 2.55 bits per heavy atom. The molecule has 8 heteroatoms. The topological polar surface area (TPSA) is 72.0 Å². The van der Waals surface area contributed by atoms with E-state index in [1.165, 1.54) is 13.3 Å². The number of hydrogen-bond donors (Lipinski definition) is 0. The Kier molecular flexibility index (Phi) is 5.19. The smallest absolute Gasteiger partial charge is 0.251 e. The molecule has 0 bridgehead atoms. The highest BCUT2D eigenvalue weighted by molar-refractivity contribution is 6.06. The molecule has 0 N–H and O–H groups in total. The van der Waals surface area contributed by atoms with E-state index in [1.54, 1.807) is 4.90 Å². The first-order valence-corrected chi connectivity index (χ1v) is 9.41. The van der Waals surface area contributed by atoms with Crippen LogP contribution in [0.3, 0.4) is 0 Å². The van der Waals surface area contributed by atoms with E-state index >= 15 is 0 Å². The van der Waals surface area contributed by atoms with Gasteiger partial charge in [-0.25, -0.2) is 9.37 Å². The molecule has 0 aliphatic carbocycles. The SMILES string of the molecule is COc1cnc(N2CC(=O)N(Cc3ccc(C)cc3)[C@H](C3COC3)C2=O)c(F)c1. The third-order valence-electron chi connectivity index (χ3n) is 5.34. The summed E-state index contributed by atoms with van der Waals surface area (Å²) in [6.07, 6.45) is 1.33. The molecule has 3 heterocycles. The van der Waals surface area contributed by atoms with Crippen LogP contribution in [0.4, 0.5) is 10.2 Å². The summed E-state index contributed by atoms with van der Waals surface area (Å²) >= 11 is 0. The number of halogens is 1. The minimum absolute atomic E-state index is 0.124. The van der Waals surface area contributed by atoms with Crippen molar-refractivity contribution in [3.05, 3.63) is 53.5 Å². The van der Waals surface area contributed by atoms with Gasteiger partial charge in [0.1, 0.15) is 18.3 Å². The summed E-state index contributed by atoms with van der Waals surface area (Å²) in [5.41, 5.74) is 2.05. The van der Waals surface area contributed by atoms with Gasteiger partial charge in [-0.1, -0.05) is 29.8 Å². The Hall–Kier alpha value is -3.00. The number of ether oxygens (including phenoxy) is 2. The molecular formula is C21H22FN3O4. The van der Waals surface area contributed by atoms with E-state index in [4.69, 9.17) is 9.47 Å². The number of aromatic nitrogens is 1. The van der Waals surface area contributed by atoms with E-state index in [0.717, 1.165) is 22.1 Å². The number of benzene rings is 1. The standard InChI is InChI=1S/C21H22FN3O4/c1-13-3-5-14(6-4-13)9-24-18(26)10-25(21(27)19(24)15-11-29-12-15)20-17(22)7-16(28-2)8-23-20/h3-8,15,19H,9-12H2,1-2H3/t19-/m1/s1. The highest BCUT2D eigenvalue weighted by atomic mass is 19.1. The molecule has 1 aromatic heterocycles. The lowest BCUT2D eigenvalue weighted by molar-refractivity contribution is -0.155. The number of pyridine rings is 1. The van der Waals surface area contributed by atoms with Gasteiger partial charge in [-0.2, -0.15) is 0 Å². The van der Waals surface area contributed by atoms with Gasteiger partial charge in [0.2, 0.25) is 5.91 Å². The molecule has 0 saturated carbocycles. The van der Waals surface area contributed by atoms with Crippen LogP contribution < -0.4 is 9.64 Å². The number of carbonyl (C=O) groups is 2. The zero-order valence-corrected chi connectivity index (χ0v) is 16.3. The third kappa shape index (κ3) is 3.67. The first-order chi connectivity index (χ1) is 14.0. The van der Waals surface area contributed by atoms with Gasteiger partial charge in [0, 0.05) is 18.5 Å². The predicted octanol–water partition coefficient (Wildman–Crippen LogP) is 1.93. The molecule has 0 spiro atoms. The summed E-state index contributed by atoms with van der Waals surface area (Å²) in [5, 5.41) is 0. The van der Waals surface area contributed by atoms with Crippen molar-refractivity contribution in [2.24, 2.45) is 5.92 Å². The van der Waals surface area contributed by atoms with E-state index in [0.29, 0.717) is 19.8 Å². The molecule has 0 unspecified atom stereocenters. The van der Waals surface area contributed by atoms with Crippen LogP contribution in [0.1, 0.15) is 11.1 Å². The molecule has 2 fully saturated rings. The molecule has 1 atom stereocenters. The number of hydrogen-bond acceptors (Lipinski definition) is 5. The van der Waals surface area contributed by atoms with Crippen molar-refractivity contribution in [3.63, 3.8) is 0 Å². The lowest BCUT2D eigenvalue weighted by atomic mass is 9.92. The number of amides is 2. The number of nitrogens with zero attached hydrogens (tertiary/aromatic N) is 3. The second-order valence-corrected chi connectivity index (χ2v) is 7.35. The average Bonchev–Trinajstić information content (AvgIpc) is 2.67. The van der Waals surface area contributed by atoms with E-state index in [9.17, 15) is 14.0 Å². The maximum Gasteiger partial charge on any atom is 0.251 e. The van der Waals surface area contributed by atoms with Crippen LogP contribution in [0.5, 0.6) is 5.75 Å². The summed E-state index contributed by atoms with van der Waals surface area (Å²) in [5.74, 6) is -1.35. The van der Waals surface area contributed by atoms with Crippen molar-refractivity contribution in [1.82, 2.24) is 9.88 Å². The third-order valence-corrected chi connectivity index (χ3v) is 5.34. The first kappa shape index (κ1) is 19.3. The molecule has 2 aromatic rings. The molecule has 152 valence electrons. The van der Waals surface area contributed by atoms with Gasteiger partial charge >= 0.3 is 0 Å². The van der Waals surface area contributed by atoms with Crippen LogP contribution in [0, 0.1) is 18.7 Å². The van der Waals surface area contributed by atoms with E-state index in [1.807, 2.05) is 31.2 Å². The molecule has 2 saturated heterocycles. The molecule has 4 rings (SSSR count). The van der Waals surface area contributed by atoms with Crippen molar-refractivity contribution in [2.45, 2.75) is 19.5 Å². The Bertz CT molecular complexity index is 930. The second kappa shape index (κ2) is 7.79. The Balaban J connectivity index is 1.64. The number of methoxy groups -OCH3 is 1. The summed E-state index contributed by atoms with van der Waals surface area (Å²) in [6, 6.07) is 8.26. The van der Waals surface area contributed by atoms with Crippen LogP contribution >= 0.6 is 0 Å². The molecule has 0 radical (unpaired) electrons. The summed E-state index contributed by atoms with van der Waals surface area (Å²) in [6.45, 7) is 2.83. The van der Waals surface area contributed by atoms with Crippen molar-refractivity contribution in [2.75, 3.05) is 31.8 Å². The van der Waals surface area contributed by atoms with Crippen LogP contribution in [-0.4, -0.2) is 54.6 Å². The van der Waals surface area contributed by atoms with Gasteiger partial charge in [-0.05, 0) is 12.5 Å². The van der Waals surface area contributed by atoms with Crippen molar-refractivity contribution in [3.8, 4) is 5.75 Å². The van der Waals surface area contributed by atoms with Crippen LogP contribution in [-0.2, 0) is 20.9 Å². The molecule has 2 aliphatic rings. The number of piperazine rings is 1. The van der Waals surface area contributed by atoms with Crippen molar-refractivity contribution >= 4 is 17.6 Å². The average molecular weight is 399 g/mol. The summed E-state index contributed by atoms with van der Waals surface area (Å²) in [7, 11) is 1.40. The highest BCUT2D eigenvalue weighted by Crippen LogP contribution is 2.30. The fourth-order valence-electron chi connectivity index (χ4n) is 3.62. The summed E-state index contributed by atoms with van der Waals surface area (Å²) in [4.78, 5) is 33.0. The van der Waals surface area contributed by atoms with Gasteiger partial charge in [0.15, 0.2) is 11.6 Å². The van der Waals surface area contributed by atoms with Crippen LogP contribution in [0.15, 0.2) is 36.5 Å². The molecule has 2 amide bonds. The maximum absolute atomic E-state index is 14.5. The molecule has 1 aromatic carbocycles. The summed E-state index contributed by atoms with van der Waals surface area (Å²) < 4.78 is 24.8. The predicted molar refractivity (Wildman–Crippen MR) is 103 cm³/mol. The van der Waals surface area contributed by atoms with E-state index < -0.39 is 11.9 Å². The Morgan fingerprint density at radius 2 is 1.97 bits per heavy atom. The van der Waals surface area contributed by atoms with Gasteiger partial charge in [-0.3, -0.25) is 14.5 Å². The quantitative estimate of drug-likeness (QED) is 0.768. The van der Waals surface area contributed by atoms with Gasteiger partial charge in [0.05, 0.1) is 26.5 Å². The van der Waals surface area contributed by atoms with Crippen molar-refractivity contribution < 1.29 is 23.5 Å². The Labute approximate surface area is 168 Å². The number of aryl methyl sites for hydroxylation is 1. The zero-order valence-electron chi connectivity index (χ0n) is 16.3. The normalized spacial score (nSPS) is 20.0. The maximum atomic E-state index is 14.5. The number of anilines is 1. The Morgan fingerprint density at radius 1 is 1.24 bits per heavy atom. The largest absolute Gasteiger partial charge is 0.495 e.